The van der Waals surface area contributed by atoms with Gasteiger partial charge in [0.2, 0.25) is 5.79 Å². The van der Waals surface area contributed by atoms with Crippen molar-refractivity contribution in [1.82, 2.24) is 0 Å². The van der Waals surface area contributed by atoms with Crippen LogP contribution in [0.1, 0.15) is 24.5 Å². The summed E-state index contributed by atoms with van der Waals surface area (Å²) < 4.78 is 12.0. The zero-order valence-electron chi connectivity index (χ0n) is 11.3. The van der Waals surface area contributed by atoms with Crippen LogP contribution in [-0.2, 0) is 6.42 Å². The Hall–Kier alpha value is -1.96. The molecule has 1 heterocycles. The van der Waals surface area contributed by atoms with E-state index in [-0.39, 0.29) is 0 Å². The second kappa shape index (κ2) is 4.61. The molecule has 98 valence electrons. The molecule has 0 radical (unpaired) electrons. The van der Waals surface area contributed by atoms with Crippen LogP contribution in [0.2, 0.25) is 0 Å². The zero-order chi connectivity index (χ0) is 13.3. The highest BCUT2D eigenvalue weighted by atomic mass is 16.7. The molecule has 3 rings (SSSR count). The van der Waals surface area contributed by atoms with Crippen LogP contribution in [0, 0.1) is 6.92 Å². The van der Waals surface area contributed by atoms with Crippen LogP contribution in [-0.4, -0.2) is 5.79 Å². The topological polar surface area (TPSA) is 18.5 Å². The van der Waals surface area contributed by atoms with E-state index >= 15 is 0 Å². The zero-order valence-corrected chi connectivity index (χ0v) is 11.3. The lowest BCUT2D eigenvalue weighted by Gasteiger charge is -2.23. The number of hydrogen-bond acceptors (Lipinski definition) is 2. The second-order valence-electron chi connectivity index (χ2n) is 5.23. The number of rotatable bonds is 3. The summed E-state index contributed by atoms with van der Waals surface area (Å²) in [5, 5.41) is 0. The molecule has 2 aromatic rings. The summed E-state index contributed by atoms with van der Waals surface area (Å²) in [6.07, 6.45) is 1.79. The third-order valence-electron chi connectivity index (χ3n) is 3.53. The van der Waals surface area contributed by atoms with E-state index in [0.29, 0.717) is 0 Å². The summed E-state index contributed by atoms with van der Waals surface area (Å²) in [7, 11) is 0. The molecule has 1 atom stereocenters. The molecule has 0 fully saturated rings. The summed E-state index contributed by atoms with van der Waals surface area (Å²) >= 11 is 0. The Morgan fingerprint density at radius 1 is 0.947 bits per heavy atom. The molecule has 0 amide bonds. The van der Waals surface area contributed by atoms with Crippen LogP contribution in [0.3, 0.4) is 0 Å². The normalized spacial score (nSPS) is 20.5. The van der Waals surface area contributed by atoms with Gasteiger partial charge >= 0.3 is 0 Å². The molecule has 1 aliphatic rings. The van der Waals surface area contributed by atoms with Gasteiger partial charge in [0.15, 0.2) is 11.5 Å². The first-order valence-corrected chi connectivity index (χ1v) is 6.68. The van der Waals surface area contributed by atoms with Gasteiger partial charge in [-0.05, 0) is 30.5 Å². The lowest BCUT2D eigenvalue weighted by molar-refractivity contribution is -0.0678. The molecule has 0 aromatic heterocycles. The predicted molar refractivity (Wildman–Crippen MR) is 75.6 cm³/mol. The average Bonchev–Trinajstić information content (AvgIpc) is 2.77. The number of benzene rings is 2. The number of para-hydroxylation sites is 1. The quantitative estimate of drug-likeness (QED) is 0.820. The summed E-state index contributed by atoms with van der Waals surface area (Å²) in [5.41, 5.74) is 2.43. The van der Waals surface area contributed by atoms with Gasteiger partial charge in [0.1, 0.15) is 0 Å². The van der Waals surface area contributed by atoms with Crippen LogP contribution < -0.4 is 9.47 Å². The Kier molecular flexibility index (Phi) is 2.94. The maximum absolute atomic E-state index is 6.02. The molecular formula is C17H18O2. The number of aryl methyl sites for hydroxylation is 2. The van der Waals surface area contributed by atoms with Crippen LogP contribution in [0.25, 0.3) is 0 Å². The summed E-state index contributed by atoms with van der Waals surface area (Å²) in [5.74, 6) is 1.19. The van der Waals surface area contributed by atoms with Gasteiger partial charge in [-0.1, -0.05) is 42.5 Å². The molecule has 2 heteroatoms. The fraction of sp³-hybridized carbons (Fsp3) is 0.294. The minimum Gasteiger partial charge on any atom is -0.449 e. The molecule has 0 N–H and O–H groups in total. The monoisotopic (exact) mass is 254 g/mol. The van der Waals surface area contributed by atoms with Gasteiger partial charge in [0.05, 0.1) is 0 Å². The minimum absolute atomic E-state index is 0.551. The molecular weight excluding hydrogens is 236 g/mol. The molecule has 1 aliphatic heterocycles. The Morgan fingerprint density at radius 2 is 1.74 bits per heavy atom. The number of hydrogen-bond donors (Lipinski definition) is 0. The van der Waals surface area contributed by atoms with Crippen LogP contribution >= 0.6 is 0 Å². The SMILES string of the molecule is Cc1cccc2c1OC(C)(CCc1ccccc1)O2. The molecule has 0 spiro atoms. The van der Waals surface area contributed by atoms with Crippen molar-refractivity contribution in [3.05, 3.63) is 59.7 Å². The van der Waals surface area contributed by atoms with Crippen molar-refractivity contribution in [2.75, 3.05) is 0 Å². The second-order valence-corrected chi connectivity index (χ2v) is 5.23. The first-order valence-electron chi connectivity index (χ1n) is 6.68. The van der Waals surface area contributed by atoms with E-state index in [1.807, 2.05) is 38.1 Å². The van der Waals surface area contributed by atoms with Gasteiger partial charge in [0.25, 0.3) is 0 Å². The van der Waals surface area contributed by atoms with E-state index in [1.165, 1.54) is 5.56 Å². The van der Waals surface area contributed by atoms with Crippen LogP contribution in [0.5, 0.6) is 11.5 Å². The third kappa shape index (κ3) is 2.43. The first kappa shape index (κ1) is 12.1. The molecule has 0 aliphatic carbocycles. The van der Waals surface area contributed by atoms with E-state index in [4.69, 9.17) is 9.47 Å². The van der Waals surface area contributed by atoms with Crippen LogP contribution in [0.4, 0.5) is 0 Å². The Balaban J connectivity index is 1.72. The summed E-state index contributed by atoms with van der Waals surface area (Å²) in [4.78, 5) is 0. The van der Waals surface area contributed by atoms with Gasteiger partial charge < -0.3 is 9.47 Å². The highest BCUT2D eigenvalue weighted by Crippen LogP contribution is 2.42. The van der Waals surface area contributed by atoms with E-state index in [0.717, 1.165) is 29.9 Å². The van der Waals surface area contributed by atoms with Gasteiger partial charge in [-0.15, -0.1) is 0 Å². The molecule has 0 saturated carbocycles. The Morgan fingerprint density at radius 3 is 2.47 bits per heavy atom. The van der Waals surface area contributed by atoms with Crippen molar-refractivity contribution in [3.8, 4) is 11.5 Å². The molecule has 2 aromatic carbocycles. The summed E-state index contributed by atoms with van der Waals surface area (Å²) in [6, 6.07) is 16.4. The van der Waals surface area contributed by atoms with Gasteiger partial charge in [-0.25, -0.2) is 0 Å². The predicted octanol–water partition coefficient (Wildman–Crippen LogP) is 4.12. The molecule has 0 saturated heterocycles. The van der Waals surface area contributed by atoms with E-state index in [9.17, 15) is 0 Å². The van der Waals surface area contributed by atoms with Crippen molar-refractivity contribution in [2.24, 2.45) is 0 Å². The lowest BCUT2D eigenvalue weighted by Crippen LogP contribution is -2.35. The van der Waals surface area contributed by atoms with Gasteiger partial charge in [-0.2, -0.15) is 0 Å². The minimum atomic E-state index is -0.551. The standard InChI is InChI=1S/C17H18O2/c1-13-7-6-10-15-16(13)19-17(2,18-15)12-11-14-8-4-3-5-9-14/h3-10H,11-12H2,1-2H3. The van der Waals surface area contributed by atoms with E-state index in [2.05, 4.69) is 24.3 Å². The van der Waals surface area contributed by atoms with Crippen molar-refractivity contribution in [1.29, 1.82) is 0 Å². The maximum Gasteiger partial charge on any atom is 0.249 e. The highest BCUT2D eigenvalue weighted by Gasteiger charge is 2.36. The van der Waals surface area contributed by atoms with Crippen LogP contribution in [0.15, 0.2) is 48.5 Å². The molecule has 1 unspecified atom stereocenters. The van der Waals surface area contributed by atoms with E-state index < -0.39 is 5.79 Å². The largest absolute Gasteiger partial charge is 0.449 e. The number of ether oxygens (including phenoxy) is 2. The third-order valence-corrected chi connectivity index (χ3v) is 3.53. The van der Waals surface area contributed by atoms with Crippen molar-refractivity contribution >= 4 is 0 Å². The Bertz CT molecular complexity index is 577. The highest BCUT2D eigenvalue weighted by molar-refractivity contribution is 5.48. The van der Waals surface area contributed by atoms with Gasteiger partial charge in [0, 0.05) is 13.3 Å². The summed E-state index contributed by atoms with van der Waals surface area (Å²) in [6.45, 7) is 4.06. The fourth-order valence-electron chi connectivity index (χ4n) is 2.42. The average molecular weight is 254 g/mol. The van der Waals surface area contributed by atoms with E-state index in [1.54, 1.807) is 0 Å². The Labute approximate surface area is 114 Å². The lowest BCUT2D eigenvalue weighted by atomic mass is 10.1. The fourth-order valence-corrected chi connectivity index (χ4v) is 2.42. The van der Waals surface area contributed by atoms with Crippen molar-refractivity contribution in [3.63, 3.8) is 0 Å². The molecule has 2 nitrogen and oxygen atoms in total. The maximum atomic E-state index is 6.02. The molecule has 19 heavy (non-hydrogen) atoms. The van der Waals surface area contributed by atoms with Crippen molar-refractivity contribution < 1.29 is 9.47 Å². The first-order chi connectivity index (χ1) is 9.16. The smallest absolute Gasteiger partial charge is 0.249 e. The van der Waals surface area contributed by atoms with Gasteiger partial charge in [-0.3, -0.25) is 0 Å². The van der Waals surface area contributed by atoms with Crippen molar-refractivity contribution in [2.45, 2.75) is 32.5 Å². The number of fused-ring (bicyclic) bond motifs is 1. The molecule has 0 bridgehead atoms.